The summed E-state index contributed by atoms with van der Waals surface area (Å²) in [5, 5.41) is 3.32. The molecule has 3 rings (SSSR count). The van der Waals surface area contributed by atoms with Crippen LogP contribution < -0.4 is 10.0 Å². The Bertz CT molecular complexity index is 575. The number of sulfonamides is 1. The number of hydrogen-bond donors (Lipinski definition) is 2. The Hall–Kier alpha value is -0.850. The van der Waals surface area contributed by atoms with Crippen molar-refractivity contribution in [3.8, 4) is 0 Å². The first-order valence-electron chi connectivity index (χ1n) is 6.81. The molecule has 2 N–H and O–H groups in total. The monoisotopic (exact) mass is 284 g/mol. The highest BCUT2D eigenvalue weighted by Gasteiger charge is 2.37. The van der Waals surface area contributed by atoms with Gasteiger partial charge in [0, 0.05) is 18.2 Å². The van der Waals surface area contributed by atoms with Gasteiger partial charge in [-0.25, -0.2) is 13.1 Å². The van der Waals surface area contributed by atoms with Gasteiger partial charge in [0.1, 0.15) is 16.4 Å². The first kappa shape index (κ1) is 13.1. The largest absolute Gasteiger partial charge is 0.464 e. The molecule has 0 aliphatic heterocycles. The van der Waals surface area contributed by atoms with Gasteiger partial charge in [0.2, 0.25) is 10.0 Å². The lowest BCUT2D eigenvalue weighted by Crippen LogP contribution is -2.27. The highest BCUT2D eigenvalue weighted by molar-refractivity contribution is 7.89. The molecule has 5 nitrogen and oxygen atoms in total. The molecular formula is C13H20N2O3S. The average Bonchev–Trinajstić information content (AvgIpc) is 3.22. The fourth-order valence-electron chi connectivity index (χ4n) is 2.16. The van der Waals surface area contributed by atoms with Gasteiger partial charge in [0.15, 0.2) is 0 Å². The molecule has 106 valence electrons. The van der Waals surface area contributed by atoms with Gasteiger partial charge in [-0.3, -0.25) is 0 Å². The highest BCUT2D eigenvalue weighted by atomic mass is 32.2. The van der Waals surface area contributed by atoms with Gasteiger partial charge in [-0.1, -0.05) is 6.92 Å². The molecule has 19 heavy (non-hydrogen) atoms. The third kappa shape index (κ3) is 3.01. The number of nitrogens with one attached hydrogen (secondary N) is 2. The second-order valence-electron chi connectivity index (χ2n) is 5.73. The van der Waals surface area contributed by atoms with Crippen molar-refractivity contribution in [1.82, 2.24) is 10.0 Å². The zero-order chi connectivity index (χ0) is 13.6. The maximum absolute atomic E-state index is 12.2. The summed E-state index contributed by atoms with van der Waals surface area (Å²) >= 11 is 0. The normalized spacial score (nSPS) is 26.6. The fraction of sp³-hybridized carbons (Fsp3) is 0.692. The minimum absolute atomic E-state index is 0.0901. The van der Waals surface area contributed by atoms with E-state index in [2.05, 4.69) is 10.0 Å². The Kier molecular flexibility index (Phi) is 3.19. The molecule has 2 atom stereocenters. The van der Waals surface area contributed by atoms with Crippen LogP contribution in [-0.4, -0.2) is 20.5 Å². The molecule has 1 heterocycles. The van der Waals surface area contributed by atoms with Gasteiger partial charge in [0.05, 0.1) is 6.54 Å². The first-order chi connectivity index (χ1) is 8.95. The molecule has 1 aromatic heterocycles. The number of aryl methyl sites for hydroxylation is 1. The summed E-state index contributed by atoms with van der Waals surface area (Å²) in [7, 11) is -3.43. The maximum atomic E-state index is 12.2. The lowest BCUT2D eigenvalue weighted by Gasteiger charge is -2.03. The average molecular weight is 284 g/mol. The minimum atomic E-state index is -3.43. The van der Waals surface area contributed by atoms with E-state index in [4.69, 9.17) is 4.42 Å². The van der Waals surface area contributed by atoms with Crippen LogP contribution in [0.5, 0.6) is 0 Å². The quantitative estimate of drug-likeness (QED) is 0.831. The lowest BCUT2D eigenvalue weighted by atomic mass is 10.4. The minimum Gasteiger partial charge on any atom is -0.464 e. The van der Waals surface area contributed by atoms with Crippen LogP contribution in [-0.2, 0) is 16.6 Å². The van der Waals surface area contributed by atoms with E-state index in [1.165, 1.54) is 12.8 Å². The fourth-order valence-corrected chi connectivity index (χ4v) is 3.72. The summed E-state index contributed by atoms with van der Waals surface area (Å²) in [4.78, 5) is 0.277. The van der Waals surface area contributed by atoms with Gasteiger partial charge in [-0.2, -0.15) is 0 Å². The van der Waals surface area contributed by atoms with E-state index in [0.717, 1.165) is 6.42 Å². The van der Waals surface area contributed by atoms with Gasteiger partial charge < -0.3 is 9.73 Å². The van der Waals surface area contributed by atoms with Crippen LogP contribution in [0.4, 0.5) is 0 Å². The highest BCUT2D eigenvalue weighted by Crippen LogP contribution is 2.31. The molecule has 0 spiro atoms. The van der Waals surface area contributed by atoms with E-state index in [0.29, 0.717) is 30.0 Å². The second-order valence-corrected chi connectivity index (χ2v) is 7.41. The summed E-state index contributed by atoms with van der Waals surface area (Å²) in [5.41, 5.74) is 0. The van der Waals surface area contributed by atoms with Crippen molar-refractivity contribution < 1.29 is 12.8 Å². The molecular weight excluding hydrogens is 264 g/mol. The molecule has 2 saturated carbocycles. The van der Waals surface area contributed by atoms with Crippen molar-refractivity contribution in [2.45, 2.75) is 56.6 Å². The molecule has 0 aromatic carbocycles. The molecule has 0 bridgehead atoms. The van der Waals surface area contributed by atoms with Crippen molar-refractivity contribution in [3.63, 3.8) is 0 Å². The zero-order valence-electron chi connectivity index (χ0n) is 11.3. The van der Waals surface area contributed by atoms with Crippen LogP contribution in [0.1, 0.15) is 37.7 Å². The third-order valence-electron chi connectivity index (χ3n) is 3.77. The van der Waals surface area contributed by atoms with Crippen LogP contribution >= 0.6 is 0 Å². The predicted octanol–water partition coefficient (Wildman–Crippen LogP) is 1.53. The van der Waals surface area contributed by atoms with Gasteiger partial charge >= 0.3 is 0 Å². The van der Waals surface area contributed by atoms with Crippen LogP contribution in [0.2, 0.25) is 0 Å². The topological polar surface area (TPSA) is 71.3 Å². The van der Waals surface area contributed by atoms with Gasteiger partial charge in [-0.05, 0) is 32.1 Å². The predicted molar refractivity (Wildman–Crippen MR) is 71.2 cm³/mol. The van der Waals surface area contributed by atoms with Crippen molar-refractivity contribution in [3.05, 3.63) is 17.6 Å². The number of rotatable bonds is 6. The molecule has 2 aliphatic rings. The van der Waals surface area contributed by atoms with Gasteiger partial charge in [0.25, 0.3) is 0 Å². The van der Waals surface area contributed by atoms with Crippen LogP contribution in [0, 0.1) is 12.8 Å². The van der Waals surface area contributed by atoms with Crippen molar-refractivity contribution in [2.24, 2.45) is 5.92 Å². The summed E-state index contributed by atoms with van der Waals surface area (Å²) in [6.07, 6.45) is 3.32. The Morgan fingerprint density at radius 1 is 1.42 bits per heavy atom. The smallest absolute Gasteiger partial charge is 0.244 e. The molecule has 2 unspecified atom stereocenters. The van der Waals surface area contributed by atoms with Crippen LogP contribution in [0.3, 0.4) is 0 Å². The molecule has 6 heteroatoms. The van der Waals surface area contributed by atoms with Gasteiger partial charge in [-0.15, -0.1) is 0 Å². The molecule has 0 amide bonds. The van der Waals surface area contributed by atoms with E-state index in [1.54, 1.807) is 13.0 Å². The molecule has 2 fully saturated rings. The van der Waals surface area contributed by atoms with E-state index in [9.17, 15) is 8.42 Å². The number of hydrogen-bond acceptors (Lipinski definition) is 4. The molecule has 0 saturated heterocycles. The standard InChI is InChI=1S/C13H20N2O3S/c1-8-5-12(8)15-19(16,17)13-6-11(18-9(13)2)7-14-10-3-4-10/h6,8,10,12,14-15H,3-5,7H2,1-2H3. The summed E-state index contributed by atoms with van der Waals surface area (Å²) in [5.74, 6) is 1.60. The van der Waals surface area contributed by atoms with E-state index in [-0.39, 0.29) is 10.9 Å². The summed E-state index contributed by atoms with van der Waals surface area (Å²) < 4.78 is 32.7. The Morgan fingerprint density at radius 3 is 2.68 bits per heavy atom. The zero-order valence-corrected chi connectivity index (χ0v) is 12.1. The first-order valence-corrected chi connectivity index (χ1v) is 8.29. The van der Waals surface area contributed by atoms with E-state index >= 15 is 0 Å². The third-order valence-corrected chi connectivity index (χ3v) is 5.37. The molecule has 1 aromatic rings. The Morgan fingerprint density at radius 2 is 2.11 bits per heavy atom. The van der Waals surface area contributed by atoms with Crippen molar-refractivity contribution in [2.75, 3.05) is 0 Å². The Balaban J connectivity index is 1.71. The number of furan rings is 1. The van der Waals surface area contributed by atoms with Crippen LogP contribution in [0.15, 0.2) is 15.4 Å². The van der Waals surface area contributed by atoms with Crippen molar-refractivity contribution in [1.29, 1.82) is 0 Å². The van der Waals surface area contributed by atoms with Crippen LogP contribution in [0.25, 0.3) is 0 Å². The molecule has 0 radical (unpaired) electrons. The van der Waals surface area contributed by atoms with Crippen molar-refractivity contribution >= 4 is 10.0 Å². The summed E-state index contributed by atoms with van der Waals surface area (Å²) in [6.45, 7) is 4.34. The lowest BCUT2D eigenvalue weighted by molar-refractivity contribution is 0.456. The van der Waals surface area contributed by atoms with E-state index < -0.39 is 10.0 Å². The summed E-state index contributed by atoms with van der Waals surface area (Å²) in [6, 6.07) is 2.31. The second kappa shape index (κ2) is 4.61. The SMILES string of the molecule is Cc1oc(CNC2CC2)cc1S(=O)(=O)NC1CC1C. The Labute approximate surface area is 113 Å². The molecule has 2 aliphatic carbocycles. The maximum Gasteiger partial charge on any atom is 0.244 e. The van der Waals surface area contributed by atoms with E-state index in [1.807, 2.05) is 6.92 Å².